The van der Waals surface area contributed by atoms with Crippen molar-refractivity contribution in [3.8, 4) is 5.75 Å². The van der Waals surface area contributed by atoms with Crippen molar-refractivity contribution in [2.75, 3.05) is 14.2 Å². The molecule has 19 heavy (non-hydrogen) atoms. The number of thiazole rings is 1. The number of methoxy groups -OCH3 is 1. The van der Waals surface area contributed by atoms with Crippen molar-refractivity contribution in [1.82, 2.24) is 10.3 Å². The highest BCUT2D eigenvalue weighted by Gasteiger charge is 2.14. The largest absolute Gasteiger partial charge is 0.494 e. The van der Waals surface area contributed by atoms with Gasteiger partial charge in [0.1, 0.15) is 0 Å². The predicted octanol–water partition coefficient (Wildman–Crippen LogP) is 3.10. The van der Waals surface area contributed by atoms with Crippen molar-refractivity contribution in [3.05, 3.63) is 45.7 Å². The van der Waals surface area contributed by atoms with E-state index in [1.165, 1.54) is 13.2 Å². The maximum atomic E-state index is 13.4. The number of hydrogen-bond donors (Lipinski definition) is 1. The van der Waals surface area contributed by atoms with Crippen LogP contribution in [0.3, 0.4) is 0 Å². The zero-order valence-electron chi connectivity index (χ0n) is 11.2. The molecule has 0 aliphatic heterocycles. The van der Waals surface area contributed by atoms with Gasteiger partial charge >= 0.3 is 0 Å². The van der Waals surface area contributed by atoms with E-state index in [2.05, 4.69) is 15.7 Å². The third-order valence-corrected chi connectivity index (χ3v) is 3.83. The lowest BCUT2D eigenvalue weighted by molar-refractivity contribution is 0.385. The molecule has 2 rings (SSSR count). The van der Waals surface area contributed by atoms with Gasteiger partial charge in [-0.2, -0.15) is 0 Å². The summed E-state index contributed by atoms with van der Waals surface area (Å²) in [7, 11) is 3.36. The summed E-state index contributed by atoms with van der Waals surface area (Å²) >= 11 is 1.64. The first kappa shape index (κ1) is 14.0. The molecule has 1 aromatic heterocycles. The second-order valence-electron chi connectivity index (χ2n) is 4.30. The Bertz CT molecular complexity index is 556. The summed E-state index contributed by atoms with van der Waals surface area (Å²) in [5.74, 6) is -0.0715. The number of nitrogens with zero attached hydrogens (tertiary/aromatic N) is 1. The summed E-state index contributed by atoms with van der Waals surface area (Å²) in [6.45, 7) is 1.99. The maximum absolute atomic E-state index is 13.4. The van der Waals surface area contributed by atoms with Crippen molar-refractivity contribution in [2.24, 2.45) is 0 Å². The van der Waals surface area contributed by atoms with E-state index in [4.69, 9.17) is 4.74 Å². The van der Waals surface area contributed by atoms with Crippen molar-refractivity contribution in [3.63, 3.8) is 0 Å². The van der Waals surface area contributed by atoms with Gasteiger partial charge in [-0.15, -0.1) is 11.3 Å². The Morgan fingerprint density at radius 3 is 2.84 bits per heavy atom. The Morgan fingerprint density at radius 1 is 1.47 bits per heavy atom. The molecular formula is C14H17FN2OS. The van der Waals surface area contributed by atoms with Crippen molar-refractivity contribution < 1.29 is 9.13 Å². The molecule has 0 saturated carbocycles. The van der Waals surface area contributed by atoms with E-state index >= 15 is 0 Å². The SMILES string of the molecule is CNC(Cc1csc(C)n1)c1ccc(F)c(OC)c1. The Labute approximate surface area is 116 Å². The summed E-state index contributed by atoms with van der Waals surface area (Å²) in [4.78, 5) is 4.46. The molecular weight excluding hydrogens is 263 g/mol. The minimum Gasteiger partial charge on any atom is -0.494 e. The normalized spacial score (nSPS) is 12.4. The summed E-state index contributed by atoms with van der Waals surface area (Å²) in [5, 5.41) is 6.35. The van der Waals surface area contributed by atoms with Gasteiger partial charge in [-0.25, -0.2) is 9.37 Å². The Kier molecular flexibility index (Phi) is 4.50. The molecule has 0 amide bonds. The number of aromatic nitrogens is 1. The fourth-order valence-electron chi connectivity index (χ4n) is 1.99. The number of halogens is 1. The number of likely N-dealkylation sites (N-methyl/N-ethyl adjacent to an activating group) is 1. The van der Waals surface area contributed by atoms with E-state index in [0.717, 1.165) is 22.7 Å². The number of ether oxygens (including phenoxy) is 1. The zero-order valence-corrected chi connectivity index (χ0v) is 12.1. The third kappa shape index (κ3) is 3.30. The number of aryl methyl sites for hydroxylation is 1. The van der Waals surface area contributed by atoms with E-state index in [1.807, 2.05) is 14.0 Å². The highest BCUT2D eigenvalue weighted by Crippen LogP contribution is 2.25. The van der Waals surface area contributed by atoms with Gasteiger partial charge in [-0.3, -0.25) is 0 Å². The van der Waals surface area contributed by atoms with Crippen LogP contribution in [-0.4, -0.2) is 19.1 Å². The first-order valence-corrected chi connectivity index (χ1v) is 6.93. The maximum Gasteiger partial charge on any atom is 0.165 e. The second-order valence-corrected chi connectivity index (χ2v) is 5.36. The van der Waals surface area contributed by atoms with Crippen molar-refractivity contribution in [1.29, 1.82) is 0 Å². The minimum atomic E-state index is -0.342. The van der Waals surface area contributed by atoms with Gasteiger partial charge in [-0.05, 0) is 31.7 Å². The molecule has 0 aliphatic carbocycles. The molecule has 1 aromatic carbocycles. The monoisotopic (exact) mass is 280 g/mol. The van der Waals surface area contributed by atoms with Crippen molar-refractivity contribution >= 4 is 11.3 Å². The van der Waals surface area contributed by atoms with Crippen LogP contribution in [0.25, 0.3) is 0 Å². The number of benzene rings is 1. The van der Waals surface area contributed by atoms with Gasteiger partial charge in [0.2, 0.25) is 0 Å². The van der Waals surface area contributed by atoms with Crippen LogP contribution in [0.4, 0.5) is 4.39 Å². The standard InChI is InChI=1S/C14H17FN2OS/c1-9-17-11(8-19-9)7-13(16-2)10-4-5-12(15)14(6-10)18-3/h4-6,8,13,16H,7H2,1-3H3. The topological polar surface area (TPSA) is 34.2 Å². The number of hydrogen-bond acceptors (Lipinski definition) is 4. The quantitative estimate of drug-likeness (QED) is 0.914. The molecule has 3 nitrogen and oxygen atoms in total. The molecule has 1 N–H and O–H groups in total. The van der Waals surface area contributed by atoms with Gasteiger partial charge < -0.3 is 10.1 Å². The lowest BCUT2D eigenvalue weighted by atomic mass is 10.0. The van der Waals surface area contributed by atoms with Gasteiger partial charge in [0, 0.05) is 17.8 Å². The van der Waals surface area contributed by atoms with E-state index in [1.54, 1.807) is 23.5 Å². The van der Waals surface area contributed by atoms with Crippen LogP contribution in [0.1, 0.15) is 22.3 Å². The van der Waals surface area contributed by atoms with Crippen molar-refractivity contribution in [2.45, 2.75) is 19.4 Å². The van der Waals surface area contributed by atoms with Crippen LogP contribution < -0.4 is 10.1 Å². The average molecular weight is 280 g/mol. The zero-order chi connectivity index (χ0) is 13.8. The van der Waals surface area contributed by atoms with Gasteiger partial charge in [-0.1, -0.05) is 6.07 Å². The van der Waals surface area contributed by atoms with E-state index in [0.29, 0.717) is 0 Å². The summed E-state index contributed by atoms with van der Waals surface area (Å²) < 4.78 is 18.4. The highest BCUT2D eigenvalue weighted by atomic mass is 32.1. The molecule has 1 atom stereocenters. The Morgan fingerprint density at radius 2 is 2.26 bits per heavy atom. The first-order valence-electron chi connectivity index (χ1n) is 6.05. The van der Waals surface area contributed by atoms with Gasteiger partial charge in [0.15, 0.2) is 11.6 Å². The minimum absolute atomic E-state index is 0.0935. The molecule has 2 aromatic rings. The Balaban J connectivity index is 2.21. The van der Waals surface area contributed by atoms with Gasteiger partial charge in [0.25, 0.3) is 0 Å². The first-order chi connectivity index (χ1) is 9.13. The summed E-state index contributed by atoms with van der Waals surface area (Å²) in [5.41, 5.74) is 2.04. The molecule has 0 spiro atoms. The molecule has 1 heterocycles. The van der Waals surface area contributed by atoms with E-state index < -0.39 is 0 Å². The fraction of sp³-hybridized carbons (Fsp3) is 0.357. The van der Waals surface area contributed by atoms with Crippen LogP contribution in [0.15, 0.2) is 23.6 Å². The van der Waals surface area contributed by atoms with Gasteiger partial charge in [0.05, 0.1) is 17.8 Å². The molecule has 5 heteroatoms. The van der Waals surface area contributed by atoms with Crippen LogP contribution in [-0.2, 0) is 6.42 Å². The van der Waals surface area contributed by atoms with E-state index in [9.17, 15) is 4.39 Å². The molecule has 0 fully saturated rings. The predicted molar refractivity (Wildman–Crippen MR) is 75.3 cm³/mol. The molecule has 102 valence electrons. The number of rotatable bonds is 5. The van der Waals surface area contributed by atoms with Crippen LogP contribution in [0, 0.1) is 12.7 Å². The molecule has 0 bridgehead atoms. The van der Waals surface area contributed by atoms with Crippen LogP contribution >= 0.6 is 11.3 Å². The summed E-state index contributed by atoms with van der Waals surface area (Å²) in [6.07, 6.45) is 0.773. The number of nitrogens with one attached hydrogen (secondary N) is 1. The smallest absolute Gasteiger partial charge is 0.165 e. The lowest BCUT2D eigenvalue weighted by Crippen LogP contribution is -2.19. The third-order valence-electron chi connectivity index (χ3n) is 3.01. The Hall–Kier alpha value is -1.46. The van der Waals surface area contributed by atoms with Crippen LogP contribution in [0.2, 0.25) is 0 Å². The average Bonchev–Trinajstić information content (AvgIpc) is 2.82. The second kappa shape index (κ2) is 6.12. The lowest BCUT2D eigenvalue weighted by Gasteiger charge is -2.16. The van der Waals surface area contributed by atoms with Crippen LogP contribution in [0.5, 0.6) is 5.75 Å². The highest BCUT2D eigenvalue weighted by molar-refractivity contribution is 7.09. The molecule has 0 radical (unpaired) electrons. The molecule has 1 unspecified atom stereocenters. The molecule has 0 saturated heterocycles. The van der Waals surface area contributed by atoms with E-state index in [-0.39, 0.29) is 17.6 Å². The fourth-order valence-corrected chi connectivity index (χ4v) is 2.62. The summed E-state index contributed by atoms with van der Waals surface area (Å²) in [6, 6.07) is 5.04. The molecule has 0 aliphatic rings.